The number of hydrogen-bond acceptors (Lipinski definition) is 3. The molecule has 3 nitrogen and oxygen atoms in total. The van der Waals surface area contributed by atoms with Crippen LogP contribution in [0.1, 0.15) is 44.2 Å². The van der Waals surface area contributed by atoms with E-state index in [1.165, 1.54) is 30.4 Å². The van der Waals surface area contributed by atoms with Crippen molar-refractivity contribution < 1.29 is 22.3 Å². The number of aryl methyl sites for hydroxylation is 2. The lowest BCUT2D eigenvalue weighted by atomic mass is 9.97. The highest BCUT2D eigenvalue weighted by Gasteiger charge is 2.26. The molecule has 4 heteroatoms. The molecule has 1 fully saturated rings. The average Bonchev–Trinajstić information content (AvgIpc) is 2.44. The van der Waals surface area contributed by atoms with Crippen LogP contribution in [0.4, 0.5) is 0 Å². The first-order chi connectivity index (χ1) is 9.97. The third kappa shape index (κ3) is 5.15. The third-order valence-electron chi connectivity index (χ3n) is 4.72. The molecule has 1 aromatic carbocycles. The standard InChI is InChI=1S/C18H29NO2.ClH/c1-13-8-9-18(10-14(13)2)21-12-17(20)11-19-15(3)6-5-7-16(19)4;/h8-10,15-17,20H,5-7,11-12H2,1-4H3;1H/p-1. The van der Waals surface area contributed by atoms with Crippen molar-refractivity contribution in [1.29, 1.82) is 0 Å². The van der Waals surface area contributed by atoms with Crippen molar-refractivity contribution >= 4 is 0 Å². The van der Waals surface area contributed by atoms with Crippen molar-refractivity contribution in [3.8, 4) is 5.75 Å². The highest BCUT2D eigenvalue weighted by Crippen LogP contribution is 2.23. The minimum absolute atomic E-state index is 0. The van der Waals surface area contributed by atoms with Crippen molar-refractivity contribution in [2.75, 3.05) is 13.2 Å². The monoisotopic (exact) mass is 326 g/mol. The van der Waals surface area contributed by atoms with Crippen LogP contribution in [0.3, 0.4) is 0 Å². The zero-order valence-corrected chi connectivity index (χ0v) is 14.9. The van der Waals surface area contributed by atoms with E-state index in [-0.39, 0.29) is 12.4 Å². The van der Waals surface area contributed by atoms with Crippen molar-refractivity contribution in [2.24, 2.45) is 0 Å². The summed E-state index contributed by atoms with van der Waals surface area (Å²) in [5.41, 5.74) is 2.49. The van der Waals surface area contributed by atoms with Crippen LogP contribution in [0.2, 0.25) is 0 Å². The van der Waals surface area contributed by atoms with Crippen LogP contribution < -0.4 is 17.1 Å². The fourth-order valence-corrected chi connectivity index (χ4v) is 3.13. The number of aliphatic hydroxyl groups is 1. The lowest BCUT2D eigenvalue weighted by molar-refractivity contribution is -0.00000652. The zero-order valence-electron chi connectivity index (χ0n) is 14.2. The largest absolute Gasteiger partial charge is 1.00 e. The maximum atomic E-state index is 10.3. The lowest BCUT2D eigenvalue weighted by Gasteiger charge is -2.40. The Kier molecular flexibility index (Phi) is 7.67. The van der Waals surface area contributed by atoms with Crippen LogP contribution in [0.15, 0.2) is 18.2 Å². The minimum atomic E-state index is -0.436. The van der Waals surface area contributed by atoms with E-state index in [0.29, 0.717) is 25.2 Å². The van der Waals surface area contributed by atoms with E-state index in [2.05, 4.69) is 38.7 Å². The average molecular weight is 327 g/mol. The second-order valence-corrected chi connectivity index (χ2v) is 6.54. The van der Waals surface area contributed by atoms with Gasteiger partial charge in [0, 0.05) is 18.6 Å². The number of nitrogens with zero attached hydrogens (tertiary/aromatic N) is 1. The molecular formula is C18H29ClNO2-. The Morgan fingerprint density at radius 1 is 1.18 bits per heavy atom. The van der Waals surface area contributed by atoms with Gasteiger partial charge in [-0.3, -0.25) is 4.90 Å². The van der Waals surface area contributed by atoms with E-state index in [9.17, 15) is 5.11 Å². The van der Waals surface area contributed by atoms with E-state index < -0.39 is 6.10 Å². The van der Waals surface area contributed by atoms with E-state index in [1.807, 2.05) is 12.1 Å². The number of benzene rings is 1. The van der Waals surface area contributed by atoms with Crippen molar-refractivity contribution in [2.45, 2.75) is 65.1 Å². The number of aliphatic hydroxyl groups excluding tert-OH is 1. The molecule has 0 radical (unpaired) electrons. The van der Waals surface area contributed by atoms with Gasteiger partial charge in [0.2, 0.25) is 0 Å². The van der Waals surface area contributed by atoms with Crippen LogP contribution in [0, 0.1) is 13.8 Å². The molecule has 1 heterocycles. The first kappa shape index (κ1) is 19.3. The summed E-state index contributed by atoms with van der Waals surface area (Å²) in [7, 11) is 0. The molecule has 126 valence electrons. The van der Waals surface area contributed by atoms with Gasteiger partial charge in [0.1, 0.15) is 18.5 Å². The number of hydrogen-bond donors (Lipinski definition) is 1. The molecule has 0 aliphatic carbocycles. The number of halogens is 1. The van der Waals surface area contributed by atoms with Gasteiger partial charge in [0.15, 0.2) is 0 Å². The van der Waals surface area contributed by atoms with Crippen LogP contribution >= 0.6 is 0 Å². The summed E-state index contributed by atoms with van der Waals surface area (Å²) in [6, 6.07) is 7.19. The zero-order chi connectivity index (χ0) is 15.4. The molecule has 0 saturated carbocycles. The second-order valence-electron chi connectivity index (χ2n) is 6.54. The van der Waals surface area contributed by atoms with Gasteiger partial charge in [0.25, 0.3) is 0 Å². The Bertz CT molecular complexity index is 456. The summed E-state index contributed by atoms with van der Waals surface area (Å²) in [5.74, 6) is 0.844. The van der Waals surface area contributed by atoms with Gasteiger partial charge in [-0.25, -0.2) is 0 Å². The molecule has 1 aliphatic rings. The van der Waals surface area contributed by atoms with Crippen molar-refractivity contribution in [3.63, 3.8) is 0 Å². The summed E-state index contributed by atoms with van der Waals surface area (Å²) in [4.78, 5) is 2.41. The molecule has 0 amide bonds. The Morgan fingerprint density at radius 2 is 1.82 bits per heavy atom. The summed E-state index contributed by atoms with van der Waals surface area (Å²) in [5, 5.41) is 10.3. The quantitative estimate of drug-likeness (QED) is 0.845. The Morgan fingerprint density at radius 3 is 2.41 bits per heavy atom. The Hall–Kier alpha value is -0.770. The molecule has 0 aromatic heterocycles. The van der Waals surface area contributed by atoms with Gasteiger partial charge in [-0.2, -0.15) is 0 Å². The normalized spacial score (nSPS) is 23.7. The van der Waals surface area contributed by atoms with E-state index in [1.54, 1.807) is 0 Å². The fourth-order valence-electron chi connectivity index (χ4n) is 3.13. The molecule has 0 bridgehead atoms. The number of rotatable bonds is 5. The molecule has 1 aromatic rings. The number of ether oxygens (including phenoxy) is 1. The van der Waals surface area contributed by atoms with Crippen molar-refractivity contribution in [3.05, 3.63) is 29.3 Å². The molecule has 2 rings (SSSR count). The summed E-state index contributed by atoms with van der Waals surface area (Å²) in [6.45, 7) is 9.74. The maximum Gasteiger partial charge on any atom is 0.119 e. The van der Waals surface area contributed by atoms with Crippen LogP contribution in [-0.4, -0.2) is 41.3 Å². The van der Waals surface area contributed by atoms with Crippen LogP contribution in [-0.2, 0) is 0 Å². The van der Waals surface area contributed by atoms with Gasteiger partial charge in [-0.15, -0.1) is 0 Å². The van der Waals surface area contributed by atoms with E-state index in [4.69, 9.17) is 4.74 Å². The number of β-amino-alcohol motifs (C(OH)–C–C–N with tert-alkyl or cyclic N) is 1. The fraction of sp³-hybridized carbons (Fsp3) is 0.667. The predicted molar refractivity (Wildman–Crippen MR) is 86.9 cm³/mol. The molecule has 3 atom stereocenters. The first-order valence-corrected chi connectivity index (χ1v) is 8.11. The molecule has 1 N–H and O–H groups in total. The van der Waals surface area contributed by atoms with E-state index >= 15 is 0 Å². The molecule has 0 spiro atoms. The smallest absolute Gasteiger partial charge is 0.119 e. The molecule has 3 unspecified atom stereocenters. The van der Waals surface area contributed by atoms with Crippen LogP contribution in [0.5, 0.6) is 5.75 Å². The minimum Gasteiger partial charge on any atom is -1.00 e. The molecule has 1 saturated heterocycles. The van der Waals surface area contributed by atoms with Gasteiger partial charge in [0.05, 0.1) is 0 Å². The summed E-state index contributed by atoms with van der Waals surface area (Å²) >= 11 is 0. The van der Waals surface area contributed by atoms with Gasteiger partial charge in [-0.05, 0) is 63.8 Å². The van der Waals surface area contributed by atoms with Gasteiger partial charge < -0.3 is 22.3 Å². The maximum absolute atomic E-state index is 10.3. The summed E-state index contributed by atoms with van der Waals surface area (Å²) < 4.78 is 5.74. The highest BCUT2D eigenvalue weighted by molar-refractivity contribution is 5.33. The molecule has 1 aliphatic heterocycles. The Labute approximate surface area is 141 Å². The Balaban J connectivity index is 0.00000242. The third-order valence-corrected chi connectivity index (χ3v) is 4.72. The first-order valence-electron chi connectivity index (χ1n) is 8.11. The van der Waals surface area contributed by atoms with E-state index in [0.717, 1.165) is 5.75 Å². The van der Waals surface area contributed by atoms with Gasteiger partial charge >= 0.3 is 0 Å². The number of likely N-dealkylation sites (tertiary alicyclic amines) is 1. The molecule has 22 heavy (non-hydrogen) atoms. The number of piperidine rings is 1. The van der Waals surface area contributed by atoms with Crippen LogP contribution in [0.25, 0.3) is 0 Å². The lowest BCUT2D eigenvalue weighted by Crippen LogP contribution is -3.00. The topological polar surface area (TPSA) is 32.7 Å². The molecular weight excluding hydrogens is 298 g/mol. The highest BCUT2D eigenvalue weighted by atomic mass is 35.5. The predicted octanol–water partition coefficient (Wildman–Crippen LogP) is 0.310. The van der Waals surface area contributed by atoms with Crippen molar-refractivity contribution in [1.82, 2.24) is 4.90 Å². The summed E-state index contributed by atoms with van der Waals surface area (Å²) in [6.07, 6.45) is 3.33. The SMILES string of the molecule is Cc1ccc(OCC(O)CN2C(C)CCCC2C)cc1C.[Cl-]. The van der Waals surface area contributed by atoms with Gasteiger partial charge in [-0.1, -0.05) is 12.5 Å². The second kappa shape index (κ2) is 8.76.